The first-order valence-corrected chi connectivity index (χ1v) is 12.1. The molecule has 1 saturated heterocycles. The Hall–Kier alpha value is -2.75. The maximum atomic E-state index is 13.5. The van der Waals surface area contributed by atoms with Crippen LogP contribution < -0.4 is 4.90 Å². The summed E-state index contributed by atoms with van der Waals surface area (Å²) in [6, 6.07) is 15.9. The molecule has 1 aromatic heterocycles. The van der Waals surface area contributed by atoms with E-state index in [1.165, 1.54) is 23.9 Å². The zero-order valence-corrected chi connectivity index (χ0v) is 19.5. The Kier molecular flexibility index (Phi) is 8.09. The Balaban J connectivity index is 1.51. The topological polar surface area (TPSA) is 63.5 Å². The summed E-state index contributed by atoms with van der Waals surface area (Å²) in [6.07, 6.45) is 0. The van der Waals surface area contributed by atoms with Crippen molar-refractivity contribution in [1.82, 2.24) is 19.7 Å². The normalized spacial score (nSPS) is 14.4. The number of amides is 1. The fraction of sp³-hybridized carbons (Fsp3) is 0.375. The third kappa shape index (κ3) is 5.98. The number of halogens is 1. The lowest BCUT2D eigenvalue weighted by molar-refractivity contribution is -0.116. The molecule has 0 atom stereocenters. The van der Waals surface area contributed by atoms with Crippen LogP contribution in [0.25, 0.3) is 11.4 Å². The van der Waals surface area contributed by atoms with Crippen molar-refractivity contribution < 1.29 is 13.9 Å². The van der Waals surface area contributed by atoms with Crippen molar-refractivity contribution in [2.75, 3.05) is 50.0 Å². The highest BCUT2D eigenvalue weighted by Gasteiger charge is 2.20. The van der Waals surface area contributed by atoms with E-state index < -0.39 is 0 Å². The number of para-hydroxylation sites is 1. The lowest BCUT2D eigenvalue weighted by atomic mass is 10.2. The number of aromatic nitrogens is 3. The lowest BCUT2D eigenvalue weighted by Gasteiger charge is -2.27. The summed E-state index contributed by atoms with van der Waals surface area (Å²) < 4.78 is 20.9. The molecule has 0 saturated carbocycles. The molecule has 1 fully saturated rings. The van der Waals surface area contributed by atoms with Crippen LogP contribution in [0.1, 0.15) is 6.92 Å². The van der Waals surface area contributed by atoms with Crippen LogP contribution in [0, 0.1) is 5.82 Å². The van der Waals surface area contributed by atoms with E-state index in [2.05, 4.69) is 15.1 Å². The summed E-state index contributed by atoms with van der Waals surface area (Å²) in [5, 5.41) is 9.44. The van der Waals surface area contributed by atoms with Crippen LogP contribution in [0.4, 0.5) is 10.1 Å². The van der Waals surface area contributed by atoms with Gasteiger partial charge in [0.05, 0.1) is 19.0 Å². The van der Waals surface area contributed by atoms with Crippen molar-refractivity contribution in [3.8, 4) is 11.4 Å². The number of rotatable bonds is 9. The van der Waals surface area contributed by atoms with Gasteiger partial charge in [0, 0.05) is 44.0 Å². The molecule has 1 aliphatic heterocycles. The molecule has 4 rings (SSSR count). The monoisotopic (exact) mass is 469 g/mol. The van der Waals surface area contributed by atoms with Gasteiger partial charge in [-0.3, -0.25) is 9.69 Å². The Morgan fingerprint density at radius 3 is 2.48 bits per heavy atom. The van der Waals surface area contributed by atoms with Gasteiger partial charge in [-0.15, -0.1) is 10.2 Å². The molecule has 1 amide bonds. The molecule has 0 N–H and O–H groups in total. The van der Waals surface area contributed by atoms with Gasteiger partial charge in [0.2, 0.25) is 5.91 Å². The second-order valence-electron chi connectivity index (χ2n) is 7.68. The predicted octanol–water partition coefficient (Wildman–Crippen LogP) is 3.56. The number of thioether (sulfide) groups is 1. The van der Waals surface area contributed by atoms with Crippen molar-refractivity contribution in [3.05, 3.63) is 60.4 Å². The number of nitrogens with zero attached hydrogens (tertiary/aromatic N) is 5. The van der Waals surface area contributed by atoms with Gasteiger partial charge in [0.1, 0.15) is 5.82 Å². The number of hydrogen-bond donors (Lipinski definition) is 0. The maximum absolute atomic E-state index is 13.5. The van der Waals surface area contributed by atoms with Gasteiger partial charge in [-0.05, 0) is 43.3 Å². The maximum Gasteiger partial charge on any atom is 0.237 e. The van der Waals surface area contributed by atoms with Crippen LogP contribution >= 0.6 is 11.8 Å². The summed E-state index contributed by atoms with van der Waals surface area (Å²) in [5.74, 6) is 0.647. The van der Waals surface area contributed by atoms with Crippen LogP contribution in [0.5, 0.6) is 0 Å². The second-order valence-corrected chi connectivity index (χ2v) is 8.62. The van der Waals surface area contributed by atoms with Crippen LogP contribution in [0.3, 0.4) is 0 Å². The van der Waals surface area contributed by atoms with Gasteiger partial charge in [0.25, 0.3) is 0 Å². The number of carbonyl (C=O) groups excluding carboxylic acids is 1. The molecule has 0 aliphatic carbocycles. The zero-order chi connectivity index (χ0) is 23.0. The number of ether oxygens (including phenoxy) is 1. The zero-order valence-electron chi connectivity index (χ0n) is 18.7. The van der Waals surface area contributed by atoms with Gasteiger partial charge in [-0.1, -0.05) is 30.0 Å². The molecular formula is C24H28FN5O2S. The van der Waals surface area contributed by atoms with Crippen molar-refractivity contribution in [2.24, 2.45) is 0 Å². The molecule has 2 aromatic carbocycles. The molecule has 2 heterocycles. The molecular weight excluding hydrogens is 441 g/mol. The van der Waals surface area contributed by atoms with Crippen LogP contribution in [-0.2, 0) is 16.1 Å². The summed E-state index contributed by atoms with van der Waals surface area (Å²) in [6.45, 7) is 7.29. The molecule has 7 nitrogen and oxygen atoms in total. The van der Waals surface area contributed by atoms with Gasteiger partial charge < -0.3 is 14.2 Å². The third-order valence-corrected chi connectivity index (χ3v) is 6.52. The number of carbonyl (C=O) groups is 1. The first kappa shape index (κ1) is 23.4. The summed E-state index contributed by atoms with van der Waals surface area (Å²) >= 11 is 1.38. The van der Waals surface area contributed by atoms with Gasteiger partial charge >= 0.3 is 0 Å². The van der Waals surface area contributed by atoms with E-state index in [0.717, 1.165) is 44.1 Å². The Bertz CT molecular complexity index is 1040. The molecule has 174 valence electrons. The summed E-state index contributed by atoms with van der Waals surface area (Å²) in [4.78, 5) is 17.1. The minimum Gasteiger partial charge on any atom is -0.379 e. The summed E-state index contributed by atoms with van der Waals surface area (Å²) in [5.41, 5.74) is 1.68. The number of morpholine rings is 1. The first-order valence-electron chi connectivity index (χ1n) is 11.1. The van der Waals surface area contributed by atoms with Gasteiger partial charge in [-0.2, -0.15) is 0 Å². The first-order chi connectivity index (χ1) is 16.2. The van der Waals surface area contributed by atoms with E-state index in [-0.39, 0.29) is 17.5 Å². The van der Waals surface area contributed by atoms with E-state index in [1.54, 1.807) is 17.0 Å². The number of hydrogen-bond acceptors (Lipinski definition) is 6. The highest BCUT2D eigenvalue weighted by atomic mass is 32.2. The van der Waals surface area contributed by atoms with Crippen molar-refractivity contribution in [2.45, 2.75) is 18.6 Å². The molecule has 9 heteroatoms. The van der Waals surface area contributed by atoms with Crippen molar-refractivity contribution in [1.29, 1.82) is 0 Å². The Morgan fingerprint density at radius 1 is 1.06 bits per heavy atom. The average molecular weight is 470 g/mol. The predicted molar refractivity (Wildman–Crippen MR) is 128 cm³/mol. The SMILES string of the molecule is CCN(C(=O)CSc1nnc(-c2ccc(F)cc2)n1CCN1CCOCC1)c1ccccc1. The molecule has 33 heavy (non-hydrogen) atoms. The van der Waals surface area contributed by atoms with Crippen LogP contribution in [-0.4, -0.2) is 70.7 Å². The molecule has 0 spiro atoms. The smallest absolute Gasteiger partial charge is 0.237 e. The van der Waals surface area contributed by atoms with Gasteiger partial charge in [0.15, 0.2) is 11.0 Å². The van der Waals surface area contributed by atoms with Crippen LogP contribution in [0.2, 0.25) is 0 Å². The number of anilines is 1. The fourth-order valence-electron chi connectivity index (χ4n) is 3.79. The third-order valence-electron chi connectivity index (χ3n) is 5.57. The standard InChI is InChI=1S/C24H28FN5O2S/c1-2-29(21-6-4-3-5-7-21)22(31)18-33-24-27-26-23(19-8-10-20(25)11-9-19)30(24)13-12-28-14-16-32-17-15-28/h3-11H,2,12-18H2,1H3. The molecule has 3 aromatic rings. The lowest BCUT2D eigenvalue weighted by Crippen LogP contribution is -2.38. The van der Waals surface area contributed by atoms with E-state index in [4.69, 9.17) is 4.74 Å². The van der Waals surface area contributed by atoms with E-state index in [1.807, 2.05) is 41.8 Å². The highest BCUT2D eigenvalue weighted by Crippen LogP contribution is 2.25. The average Bonchev–Trinajstić information content (AvgIpc) is 3.26. The molecule has 0 radical (unpaired) electrons. The Morgan fingerprint density at radius 2 is 1.79 bits per heavy atom. The second kappa shape index (κ2) is 11.4. The van der Waals surface area contributed by atoms with E-state index in [0.29, 0.717) is 24.1 Å². The van der Waals surface area contributed by atoms with E-state index in [9.17, 15) is 9.18 Å². The minimum atomic E-state index is -0.293. The van der Waals surface area contributed by atoms with Gasteiger partial charge in [-0.25, -0.2) is 4.39 Å². The number of benzene rings is 2. The van der Waals surface area contributed by atoms with Crippen molar-refractivity contribution >= 4 is 23.4 Å². The Labute approximate surface area is 197 Å². The minimum absolute atomic E-state index is 0.0137. The largest absolute Gasteiger partial charge is 0.379 e. The molecule has 0 unspecified atom stereocenters. The summed E-state index contributed by atoms with van der Waals surface area (Å²) in [7, 11) is 0. The van der Waals surface area contributed by atoms with E-state index >= 15 is 0 Å². The molecule has 1 aliphatic rings. The quantitative estimate of drug-likeness (QED) is 0.447. The van der Waals surface area contributed by atoms with Crippen molar-refractivity contribution in [3.63, 3.8) is 0 Å². The fourth-order valence-corrected chi connectivity index (χ4v) is 4.63. The highest BCUT2D eigenvalue weighted by molar-refractivity contribution is 7.99. The van der Waals surface area contributed by atoms with Crippen LogP contribution in [0.15, 0.2) is 59.8 Å². The molecule has 0 bridgehead atoms.